The van der Waals surface area contributed by atoms with Gasteiger partial charge in [-0.1, -0.05) is 24.3 Å². The highest BCUT2D eigenvalue weighted by molar-refractivity contribution is 7.14. The van der Waals surface area contributed by atoms with Gasteiger partial charge in [0.15, 0.2) is 5.13 Å². The summed E-state index contributed by atoms with van der Waals surface area (Å²) in [7, 11) is 0. The van der Waals surface area contributed by atoms with Gasteiger partial charge in [0.1, 0.15) is 0 Å². The molecule has 9 heteroatoms. The van der Waals surface area contributed by atoms with Gasteiger partial charge in [0.2, 0.25) is 11.8 Å². The lowest BCUT2D eigenvalue weighted by molar-refractivity contribution is -0.121. The maximum absolute atomic E-state index is 12.6. The van der Waals surface area contributed by atoms with Crippen molar-refractivity contribution in [3.8, 4) is 0 Å². The van der Waals surface area contributed by atoms with Gasteiger partial charge in [-0.15, -0.1) is 23.7 Å². The van der Waals surface area contributed by atoms with Crippen molar-refractivity contribution in [1.29, 1.82) is 0 Å². The van der Waals surface area contributed by atoms with Crippen LogP contribution in [0.15, 0.2) is 53.9 Å². The topological polar surface area (TPSA) is 82.6 Å². The van der Waals surface area contributed by atoms with Crippen molar-refractivity contribution in [2.45, 2.75) is 32.4 Å². The number of carbonyl (C=O) groups is 3. The highest BCUT2D eigenvalue weighted by Gasteiger charge is 2.30. The number of nitrogens with one attached hydrogen (secondary N) is 1. The van der Waals surface area contributed by atoms with Crippen molar-refractivity contribution in [3.05, 3.63) is 76.3 Å². The van der Waals surface area contributed by atoms with Crippen LogP contribution in [-0.2, 0) is 29.1 Å². The monoisotopic (exact) mass is 482 g/mol. The number of hydrogen-bond acceptors (Lipinski definition) is 6. The summed E-state index contributed by atoms with van der Waals surface area (Å²) in [5, 5.41) is 5.37. The lowest BCUT2D eigenvalue weighted by Gasteiger charge is -2.27. The molecule has 1 fully saturated rings. The van der Waals surface area contributed by atoms with Crippen LogP contribution in [0, 0.1) is 0 Å². The van der Waals surface area contributed by atoms with Gasteiger partial charge in [-0.3, -0.25) is 29.5 Å². The van der Waals surface area contributed by atoms with Gasteiger partial charge in [0.25, 0.3) is 5.91 Å². The lowest BCUT2D eigenvalue weighted by atomic mass is 10.00. The Bertz CT molecular complexity index is 1180. The van der Waals surface area contributed by atoms with Crippen LogP contribution in [-0.4, -0.2) is 34.2 Å². The predicted molar refractivity (Wildman–Crippen MR) is 130 cm³/mol. The molecular formula is C24H23ClN4O3S. The second-order valence-corrected chi connectivity index (χ2v) is 8.86. The third-order valence-corrected chi connectivity index (χ3v) is 6.61. The van der Waals surface area contributed by atoms with Crippen molar-refractivity contribution in [3.63, 3.8) is 0 Å². The number of amides is 3. The van der Waals surface area contributed by atoms with Crippen molar-refractivity contribution in [2.24, 2.45) is 0 Å². The molecule has 170 valence electrons. The van der Waals surface area contributed by atoms with Crippen molar-refractivity contribution < 1.29 is 14.4 Å². The molecule has 1 N–H and O–H groups in total. The predicted octanol–water partition coefficient (Wildman–Crippen LogP) is 4.03. The molecule has 2 aliphatic heterocycles. The molecule has 2 aromatic carbocycles. The standard InChI is InChI=1S/C24H22N4O3S.ClH/c29-21-9-10-22(30)28(21)20-7-5-17(6-8-20)23(31)26-24-25-19(15-32-24)14-27-12-11-16-3-1-2-4-18(16)13-27;/h1-8,15H,9-14H2,(H,25,26,31);1H. The average molecular weight is 483 g/mol. The van der Waals surface area contributed by atoms with E-state index in [1.54, 1.807) is 24.3 Å². The minimum Gasteiger partial charge on any atom is -0.298 e. The number of hydrogen-bond donors (Lipinski definition) is 1. The molecule has 0 unspecified atom stereocenters. The van der Waals surface area contributed by atoms with Crippen molar-refractivity contribution in [2.75, 3.05) is 16.8 Å². The van der Waals surface area contributed by atoms with E-state index in [0.29, 0.717) is 16.4 Å². The molecule has 1 saturated heterocycles. The van der Waals surface area contributed by atoms with Gasteiger partial charge in [0.05, 0.1) is 11.4 Å². The van der Waals surface area contributed by atoms with Crippen molar-refractivity contribution in [1.82, 2.24) is 9.88 Å². The van der Waals surface area contributed by atoms with Gasteiger partial charge >= 0.3 is 0 Å². The molecular weight excluding hydrogens is 460 g/mol. The van der Waals surface area contributed by atoms with E-state index in [2.05, 4.69) is 39.5 Å². The van der Waals surface area contributed by atoms with Crippen molar-refractivity contribution >= 4 is 52.3 Å². The van der Waals surface area contributed by atoms with E-state index < -0.39 is 0 Å². The number of aromatic nitrogens is 1. The number of thiazole rings is 1. The molecule has 0 radical (unpaired) electrons. The first-order valence-corrected chi connectivity index (χ1v) is 11.5. The molecule has 5 rings (SSSR count). The van der Waals surface area contributed by atoms with E-state index in [0.717, 1.165) is 31.7 Å². The normalized spacial score (nSPS) is 15.8. The maximum Gasteiger partial charge on any atom is 0.257 e. The number of anilines is 2. The van der Waals surface area contributed by atoms with Crippen LogP contribution in [0.25, 0.3) is 0 Å². The first-order chi connectivity index (χ1) is 15.6. The Morgan fingerprint density at radius 2 is 1.67 bits per heavy atom. The summed E-state index contributed by atoms with van der Waals surface area (Å²) >= 11 is 1.40. The molecule has 7 nitrogen and oxygen atoms in total. The molecule has 0 aliphatic carbocycles. The molecule has 0 atom stereocenters. The zero-order valence-electron chi connectivity index (χ0n) is 17.8. The van der Waals surface area contributed by atoms with Crippen LogP contribution in [0.4, 0.5) is 10.8 Å². The fourth-order valence-corrected chi connectivity index (χ4v) is 4.85. The van der Waals surface area contributed by atoms with Crippen LogP contribution in [0.1, 0.15) is 40.0 Å². The Balaban J connectivity index is 0.00000259. The number of rotatable bonds is 5. The molecule has 1 aromatic heterocycles. The second kappa shape index (κ2) is 9.82. The number of carbonyl (C=O) groups excluding carboxylic acids is 3. The smallest absolute Gasteiger partial charge is 0.257 e. The SMILES string of the molecule is Cl.O=C(Nc1nc(CN2CCc3ccccc3C2)cs1)c1ccc(N2C(=O)CCC2=O)cc1. The highest BCUT2D eigenvalue weighted by Crippen LogP contribution is 2.25. The van der Waals surface area contributed by atoms with E-state index in [1.165, 1.54) is 27.4 Å². The zero-order chi connectivity index (χ0) is 22.1. The van der Waals surface area contributed by atoms with Crippen LogP contribution >= 0.6 is 23.7 Å². The lowest BCUT2D eigenvalue weighted by Crippen LogP contribution is -2.30. The fraction of sp³-hybridized carbons (Fsp3) is 0.250. The molecule has 3 heterocycles. The van der Waals surface area contributed by atoms with E-state index in [4.69, 9.17) is 0 Å². The minimum atomic E-state index is -0.275. The summed E-state index contributed by atoms with van der Waals surface area (Å²) in [5.41, 5.74) is 4.65. The summed E-state index contributed by atoms with van der Waals surface area (Å²) < 4.78 is 0. The molecule has 0 bridgehead atoms. The van der Waals surface area contributed by atoms with E-state index >= 15 is 0 Å². The third-order valence-electron chi connectivity index (χ3n) is 5.81. The van der Waals surface area contributed by atoms with Crippen LogP contribution in [0.3, 0.4) is 0 Å². The number of fused-ring (bicyclic) bond motifs is 1. The molecule has 2 aliphatic rings. The zero-order valence-corrected chi connectivity index (χ0v) is 19.5. The van der Waals surface area contributed by atoms with Gasteiger partial charge in [-0.05, 0) is 41.8 Å². The Hall–Kier alpha value is -3.07. The average Bonchev–Trinajstić information content (AvgIpc) is 3.39. The van der Waals surface area contributed by atoms with E-state index in [-0.39, 0.29) is 43.0 Å². The van der Waals surface area contributed by atoms with Crippen LogP contribution in [0.2, 0.25) is 0 Å². The summed E-state index contributed by atoms with van der Waals surface area (Å²) in [4.78, 5) is 44.5. The van der Waals surface area contributed by atoms with Gasteiger partial charge in [-0.2, -0.15) is 0 Å². The molecule has 3 aromatic rings. The van der Waals surface area contributed by atoms with Gasteiger partial charge in [0, 0.05) is 43.4 Å². The second-order valence-electron chi connectivity index (χ2n) is 8.00. The van der Waals surface area contributed by atoms with Crippen LogP contribution < -0.4 is 10.2 Å². The quantitative estimate of drug-likeness (QED) is 0.555. The number of imide groups is 1. The van der Waals surface area contributed by atoms with E-state index in [1.807, 2.05) is 5.38 Å². The molecule has 0 spiro atoms. The largest absolute Gasteiger partial charge is 0.298 e. The van der Waals surface area contributed by atoms with E-state index in [9.17, 15) is 14.4 Å². The summed E-state index contributed by atoms with van der Waals surface area (Å²) in [6.07, 6.45) is 1.50. The molecule has 33 heavy (non-hydrogen) atoms. The number of halogens is 1. The summed E-state index contributed by atoms with van der Waals surface area (Å²) in [5.74, 6) is -0.692. The van der Waals surface area contributed by atoms with Gasteiger partial charge < -0.3 is 0 Å². The van der Waals surface area contributed by atoms with Crippen LogP contribution in [0.5, 0.6) is 0 Å². The third kappa shape index (κ3) is 4.98. The number of nitrogens with zero attached hydrogens (tertiary/aromatic N) is 3. The number of benzene rings is 2. The first kappa shape index (κ1) is 23.1. The Morgan fingerprint density at radius 3 is 2.39 bits per heavy atom. The summed E-state index contributed by atoms with van der Waals surface area (Å²) in [6.45, 7) is 2.64. The maximum atomic E-state index is 12.6. The first-order valence-electron chi connectivity index (χ1n) is 10.6. The Kier molecular flexibility index (Phi) is 6.88. The molecule has 3 amide bonds. The minimum absolute atomic E-state index is 0. The Morgan fingerprint density at radius 1 is 0.970 bits per heavy atom. The molecule has 0 saturated carbocycles. The van der Waals surface area contributed by atoms with Gasteiger partial charge in [-0.25, -0.2) is 4.98 Å². The highest BCUT2D eigenvalue weighted by atomic mass is 35.5. The fourth-order valence-electron chi connectivity index (χ4n) is 4.15. The Labute approximate surface area is 201 Å². The summed E-state index contributed by atoms with van der Waals surface area (Å²) in [6, 6.07) is 15.0.